The molecule has 0 spiro atoms. The number of anilines is 2. The maximum absolute atomic E-state index is 12.8. The van der Waals surface area contributed by atoms with E-state index in [2.05, 4.69) is 5.32 Å². The van der Waals surface area contributed by atoms with Crippen molar-refractivity contribution in [2.24, 2.45) is 0 Å². The van der Waals surface area contributed by atoms with Crippen LogP contribution in [0.5, 0.6) is 0 Å². The summed E-state index contributed by atoms with van der Waals surface area (Å²) in [6.07, 6.45) is 1.04. The third-order valence-corrected chi connectivity index (χ3v) is 5.18. The number of hydrogen-bond donors (Lipinski definition) is 1. The van der Waals surface area contributed by atoms with Gasteiger partial charge in [-0.25, -0.2) is 13.2 Å². The summed E-state index contributed by atoms with van der Waals surface area (Å²) in [5.74, 6) is -1.17. The highest BCUT2D eigenvalue weighted by atomic mass is 32.2. The van der Waals surface area contributed by atoms with Crippen molar-refractivity contribution in [3.8, 4) is 0 Å². The van der Waals surface area contributed by atoms with Crippen LogP contribution in [0.25, 0.3) is 0 Å². The Balaban J connectivity index is 2.36. The fourth-order valence-corrected chi connectivity index (χ4v) is 3.86. The van der Waals surface area contributed by atoms with Crippen LogP contribution in [0.15, 0.2) is 48.5 Å². The number of esters is 1. The van der Waals surface area contributed by atoms with Crippen LogP contribution in [0.1, 0.15) is 22.8 Å². The van der Waals surface area contributed by atoms with Crippen molar-refractivity contribution in [1.82, 2.24) is 0 Å². The van der Waals surface area contributed by atoms with Gasteiger partial charge in [-0.3, -0.25) is 9.10 Å². The van der Waals surface area contributed by atoms with E-state index in [1.54, 1.807) is 36.4 Å². The lowest BCUT2D eigenvalue weighted by Crippen LogP contribution is -2.45. The topological polar surface area (TPSA) is 92.8 Å². The highest BCUT2D eigenvalue weighted by molar-refractivity contribution is 7.92. The van der Waals surface area contributed by atoms with Crippen LogP contribution in [0.4, 0.5) is 11.4 Å². The summed E-state index contributed by atoms with van der Waals surface area (Å²) in [6, 6.07) is 12.2. The summed E-state index contributed by atoms with van der Waals surface area (Å²) in [5.41, 5.74) is 1.69. The quantitative estimate of drug-likeness (QED) is 0.765. The lowest BCUT2D eigenvalue weighted by atomic mass is 10.1. The van der Waals surface area contributed by atoms with Gasteiger partial charge < -0.3 is 10.1 Å². The van der Waals surface area contributed by atoms with E-state index in [1.807, 2.05) is 13.0 Å². The molecule has 0 saturated heterocycles. The molecular formula is C19H22N2O5S. The summed E-state index contributed by atoms with van der Waals surface area (Å²) in [5, 5.41) is 2.62. The van der Waals surface area contributed by atoms with Gasteiger partial charge in [0.2, 0.25) is 15.9 Å². The molecule has 27 heavy (non-hydrogen) atoms. The molecule has 0 aromatic heterocycles. The first kappa shape index (κ1) is 20.4. The molecule has 0 heterocycles. The van der Waals surface area contributed by atoms with Crippen LogP contribution in [0.3, 0.4) is 0 Å². The summed E-state index contributed by atoms with van der Waals surface area (Å²) in [7, 11) is -2.48. The van der Waals surface area contributed by atoms with Crippen molar-refractivity contribution in [3.63, 3.8) is 0 Å². The van der Waals surface area contributed by atoms with Crippen LogP contribution in [0.2, 0.25) is 0 Å². The number of carbonyl (C=O) groups excluding carboxylic acids is 2. The molecule has 1 N–H and O–H groups in total. The monoisotopic (exact) mass is 390 g/mol. The van der Waals surface area contributed by atoms with Gasteiger partial charge in [0.15, 0.2) is 0 Å². The first-order valence-corrected chi connectivity index (χ1v) is 10.0. The van der Waals surface area contributed by atoms with E-state index >= 15 is 0 Å². The van der Waals surface area contributed by atoms with Crippen LogP contribution in [0, 0.1) is 6.92 Å². The van der Waals surface area contributed by atoms with Gasteiger partial charge in [0.25, 0.3) is 0 Å². The number of sulfonamides is 1. The molecule has 0 saturated carbocycles. The second-order valence-electron chi connectivity index (χ2n) is 6.10. The fourth-order valence-electron chi connectivity index (χ4n) is 2.69. The summed E-state index contributed by atoms with van der Waals surface area (Å²) >= 11 is 0. The van der Waals surface area contributed by atoms with Gasteiger partial charge in [-0.2, -0.15) is 0 Å². The van der Waals surface area contributed by atoms with Gasteiger partial charge in [-0.05, 0) is 43.7 Å². The number of benzene rings is 2. The summed E-state index contributed by atoms with van der Waals surface area (Å²) in [6.45, 7) is 3.32. The molecule has 144 valence electrons. The van der Waals surface area contributed by atoms with E-state index < -0.39 is 27.9 Å². The first-order chi connectivity index (χ1) is 12.6. The van der Waals surface area contributed by atoms with Crippen molar-refractivity contribution < 1.29 is 22.7 Å². The molecular weight excluding hydrogens is 368 g/mol. The van der Waals surface area contributed by atoms with Gasteiger partial charge in [-0.1, -0.05) is 24.3 Å². The molecule has 0 fully saturated rings. The second kappa shape index (κ2) is 8.22. The molecule has 0 aliphatic heterocycles. The maximum atomic E-state index is 12.8. The largest absolute Gasteiger partial charge is 0.465 e. The molecule has 0 aliphatic carbocycles. The Morgan fingerprint density at radius 2 is 1.78 bits per heavy atom. The van der Waals surface area contributed by atoms with Gasteiger partial charge >= 0.3 is 5.97 Å². The molecule has 0 bridgehead atoms. The van der Waals surface area contributed by atoms with Gasteiger partial charge in [0, 0.05) is 0 Å². The molecule has 2 aromatic rings. The van der Waals surface area contributed by atoms with E-state index in [-0.39, 0.29) is 11.3 Å². The second-order valence-corrected chi connectivity index (χ2v) is 7.96. The summed E-state index contributed by atoms with van der Waals surface area (Å²) < 4.78 is 30.4. The Kier molecular flexibility index (Phi) is 6.22. The molecule has 1 unspecified atom stereocenters. The number of methoxy groups -OCH3 is 1. The van der Waals surface area contributed by atoms with Gasteiger partial charge in [0.05, 0.1) is 30.3 Å². The van der Waals surface area contributed by atoms with Crippen LogP contribution in [-0.4, -0.2) is 39.7 Å². The normalized spacial score (nSPS) is 12.1. The zero-order chi connectivity index (χ0) is 20.2. The minimum Gasteiger partial charge on any atom is -0.465 e. The number of para-hydroxylation sites is 1. The molecule has 0 radical (unpaired) electrons. The Bertz CT molecular complexity index is 956. The number of carbonyl (C=O) groups is 2. The van der Waals surface area contributed by atoms with E-state index in [0.717, 1.165) is 16.1 Å². The molecule has 7 nitrogen and oxygen atoms in total. The van der Waals surface area contributed by atoms with Crippen LogP contribution in [-0.2, 0) is 19.6 Å². The van der Waals surface area contributed by atoms with Crippen LogP contribution < -0.4 is 9.62 Å². The van der Waals surface area contributed by atoms with E-state index in [0.29, 0.717) is 5.69 Å². The highest BCUT2D eigenvalue weighted by Crippen LogP contribution is 2.23. The average molecular weight is 390 g/mol. The number of amides is 1. The third kappa shape index (κ3) is 4.85. The first-order valence-electron chi connectivity index (χ1n) is 8.19. The molecule has 8 heteroatoms. The maximum Gasteiger partial charge on any atom is 0.339 e. The van der Waals surface area contributed by atoms with Crippen molar-refractivity contribution in [1.29, 1.82) is 0 Å². The Hall–Kier alpha value is -2.87. The number of ether oxygens (including phenoxy) is 1. The Labute approximate surface area is 159 Å². The molecule has 0 aliphatic rings. The number of rotatable bonds is 6. The number of aryl methyl sites for hydroxylation is 1. The lowest BCUT2D eigenvalue weighted by molar-refractivity contribution is -0.116. The smallest absolute Gasteiger partial charge is 0.339 e. The Morgan fingerprint density at radius 1 is 1.11 bits per heavy atom. The lowest BCUT2D eigenvalue weighted by Gasteiger charge is -2.28. The van der Waals surface area contributed by atoms with Crippen LogP contribution >= 0.6 is 0 Å². The van der Waals surface area contributed by atoms with E-state index in [9.17, 15) is 18.0 Å². The minimum atomic E-state index is -3.72. The van der Waals surface area contributed by atoms with Crippen molar-refractivity contribution >= 4 is 33.3 Å². The van der Waals surface area contributed by atoms with Gasteiger partial charge in [-0.15, -0.1) is 0 Å². The average Bonchev–Trinajstić information content (AvgIpc) is 2.60. The predicted molar refractivity (Wildman–Crippen MR) is 104 cm³/mol. The Morgan fingerprint density at radius 3 is 2.37 bits per heavy atom. The molecule has 1 amide bonds. The van der Waals surface area contributed by atoms with Gasteiger partial charge in [0.1, 0.15) is 6.04 Å². The fraction of sp³-hybridized carbons (Fsp3) is 0.263. The van der Waals surface area contributed by atoms with Crippen molar-refractivity contribution in [2.45, 2.75) is 19.9 Å². The van der Waals surface area contributed by atoms with E-state index in [4.69, 9.17) is 4.74 Å². The zero-order valence-corrected chi connectivity index (χ0v) is 16.4. The van der Waals surface area contributed by atoms with Crippen molar-refractivity contribution in [2.75, 3.05) is 23.0 Å². The minimum absolute atomic E-state index is 0.182. The highest BCUT2D eigenvalue weighted by Gasteiger charge is 2.29. The number of nitrogens with one attached hydrogen (secondary N) is 1. The number of nitrogens with zero attached hydrogens (tertiary/aromatic N) is 1. The SMILES string of the molecule is COC(=O)c1ccccc1NC(=O)C(C)N(c1cccc(C)c1)S(C)(=O)=O. The molecule has 2 aromatic carbocycles. The molecule has 1 atom stereocenters. The van der Waals surface area contributed by atoms with E-state index in [1.165, 1.54) is 20.1 Å². The third-order valence-electron chi connectivity index (χ3n) is 3.93. The van der Waals surface area contributed by atoms with Crippen molar-refractivity contribution in [3.05, 3.63) is 59.7 Å². The molecule has 2 rings (SSSR count). The standard InChI is InChI=1S/C19H22N2O5S/c1-13-8-7-9-15(12-13)21(27(4,24)25)14(2)18(22)20-17-11-6-5-10-16(17)19(23)26-3/h5-12,14H,1-4H3,(H,20,22). The summed E-state index contributed by atoms with van der Waals surface area (Å²) in [4.78, 5) is 24.6. The predicted octanol–water partition coefficient (Wildman–Crippen LogP) is 2.57. The number of hydrogen-bond acceptors (Lipinski definition) is 5. The zero-order valence-electron chi connectivity index (χ0n) is 15.6.